The zero-order valence-electron chi connectivity index (χ0n) is 9.66. The molecule has 16 heavy (non-hydrogen) atoms. The molecule has 1 aromatic carbocycles. The van der Waals surface area contributed by atoms with E-state index in [1.807, 2.05) is 32.9 Å². The van der Waals surface area contributed by atoms with E-state index < -0.39 is 0 Å². The summed E-state index contributed by atoms with van der Waals surface area (Å²) in [5, 5.41) is 14.2. The zero-order chi connectivity index (χ0) is 12.1. The molecule has 0 spiro atoms. The molecule has 0 aliphatic rings. The van der Waals surface area contributed by atoms with Gasteiger partial charge in [-0.1, -0.05) is 6.07 Å². The summed E-state index contributed by atoms with van der Waals surface area (Å²) in [5.41, 5.74) is 2.13. The van der Waals surface area contributed by atoms with Gasteiger partial charge in [-0.3, -0.25) is 0 Å². The lowest BCUT2D eigenvalue weighted by molar-refractivity contribution is 0.250. The predicted molar refractivity (Wildman–Crippen MR) is 63.2 cm³/mol. The highest BCUT2D eigenvalue weighted by Gasteiger charge is 2.06. The van der Waals surface area contributed by atoms with Crippen molar-refractivity contribution in [1.29, 1.82) is 5.26 Å². The van der Waals surface area contributed by atoms with Gasteiger partial charge in [0, 0.05) is 11.7 Å². The van der Waals surface area contributed by atoms with Crippen LogP contribution in [0.5, 0.6) is 0 Å². The average Bonchev–Trinajstić information content (AvgIpc) is 2.20. The number of carbonyl (C=O) groups is 1. The second kappa shape index (κ2) is 5.17. The molecule has 0 unspecified atom stereocenters. The average molecular weight is 217 g/mol. The van der Waals surface area contributed by atoms with E-state index in [2.05, 4.69) is 10.6 Å². The van der Waals surface area contributed by atoms with Crippen molar-refractivity contribution in [2.45, 2.75) is 26.8 Å². The molecule has 0 aliphatic carbocycles. The molecule has 0 heterocycles. The van der Waals surface area contributed by atoms with Crippen molar-refractivity contribution in [2.75, 3.05) is 5.32 Å². The molecule has 1 aromatic rings. The molecule has 0 saturated carbocycles. The number of nitriles is 1. The van der Waals surface area contributed by atoms with Gasteiger partial charge >= 0.3 is 6.03 Å². The van der Waals surface area contributed by atoms with Crippen molar-refractivity contribution in [1.82, 2.24) is 5.32 Å². The van der Waals surface area contributed by atoms with Gasteiger partial charge in [-0.05, 0) is 38.5 Å². The van der Waals surface area contributed by atoms with Crippen LogP contribution in [0, 0.1) is 18.3 Å². The first-order chi connectivity index (χ1) is 7.52. The van der Waals surface area contributed by atoms with E-state index in [-0.39, 0.29) is 12.1 Å². The first-order valence-electron chi connectivity index (χ1n) is 5.11. The number of anilines is 1. The Balaban J connectivity index is 2.81. The van der Waals surface area contributed by atoms with Gasteiger partial charge in [-0.25, -0.2) is 4.79 Å². The fourth-order valence-corrected chi connectivity index (χ4v) is 1.25. The van der Waals surface area contributed by atoms with E-state index in [0.717, 1.165) is 5.56 Å². The normalized spacial score (nSPS) is 9.69. The second-order valence-electron chi connectivity index (χ2n) is 3.89. The number of urea groups is 1. The van der Waals surface area contributed by atoms with Crippen LogP contribution in [0.2, 0.25) is 0 Å². The number of hydrogen-bond donors (Lipinski definition) is 2. The quantitative estimate of drug-likeness (QED) is 0.798. The van der Waals surface area contributed by atoms with Crippen LogP contribution < -0.4 is 10.6 Å². The van der Waals surface area contributed by atoms with Crippen molar-refractivity contribution in [2.24, 2.45) is 0 Å². The molecule has 0 saturated heterocycles. The van der Waals surface area contributed by atoms with E-state index in [4.69, 9.17) is 5.26 Å². The Kier molecular flexibility index (Phi) is 3.90. The molecule has 0 bridgehead atoms. The lowest BCUT2D eigenvalue weighted by atomic mass is 10.1. The summed E-state index contributed by atoms with van der Waals surface area (Å²) in [6, 6.07) is 7.06. The van der Waals surface area contributed by atoms with E-state index in [9.17, 15) is 4.79 Å². The van der Waals surface area contributed by atoms with E-state index in [1.54, 1.807) is 12.1 Å². The van der Waals surface area contributed by atoms with Crippen molar-refractivity contribution in [3.05, 3.63) is 29.3 Å². The molecular weight excluding hydrogens is 202 g/mol. The number of aryl methyl sites for hydroxylation is 1. The largest absolute Gasteiger partial charge is 0.336 e. The molecule has 0 atom stereocenters. The third-order valence-electron chi connectivity index (χ3n) is 2.03. The zero-order valence-corrected chi connectivity index (χ0v) is 9.66. The van der Waals surface area contributed by atoms with Crippen LogP contribution >= 0.6 is 0 Å². The summed E-state index contributed by atoms with van der Waals surface area (Å²) in [5.74, 6) is 0. The number of carbonyl (C=O) groups excluding carboxylic acids is 1. The summed E-state index contributed by atoms with van der Waals surface area (Å²) in [6.45, 7) is 5.66. The van der Waals surface area contributed by atoms with Gasteiger partial charge in [0.15, 0.2) is 0 Å². The number of benzene rings is 1. The highest BCUT2D eigenvalue weighted by atomic mass is 16.2. The van der Waals surface area contributed by atoms with Crippen LogP contribution in [-0.4, -0.2) is 12.1 Å². The number of amides is 2. The Labute approximate surface area is 95.3 Å². The Bertz CT molecular complexity index is 432. The van der Waals surface area contributed by atoms with Crippen LogP contribution in [-0.2, 0) is 0 Å². The van der Waals surface area contributed by atoms with Crippen LogP contribution in [0.25, 0.3) is 0 Å². The fourth-order valence-electron chi connectivity index (χ4n) is 1.25. The fraction of sp³-hybridized carbons (Fsp3) is 0.333. The molecule has 1 rings (SSSR count). The topological polar surface area (TPSA) is 64.9 Å². The highest BCUT2D eigenvalue weighted by Crippen LogP contribution is 2.16. The Morgan fingerprint density at radius 2 is 2.12 bits per heavy atom. The first-order valence-corrected chi connectivity index (χ1v) is 5.11. The summed E-state index contributed by atoms with van der Waals surface area (Å²) >= 11 is 0. The molecule has 4 nitrogen and oxygen atoms in total. The monoisotopic (exact) mass is 217 g/mol. The van der Waals surface area contributed by atoms with Crippen LogP contribution in [0.1, 0.15) is 25.0 Å². The van der Waals surface area contributed by atoms with E-state index in [0.29, 0.717) is 11.3 Å². The second-order valence-corrected chi connectivity index (χ2v) is 3.89. The summed E-state index contributed by atoms with van der Waals surface area (Å²) in [7, 11) is 0. The molecule has 2 N–H and O–H groups in total. The van der Waals surface area contributed by atoms with Crippen LogP contribution in [0.4, 0.5) is 10.5 Å². The van der Waals surface area contributed by atoms with Crippen molar-refractivity contribution >= 4 is 11.7 Å². The van der Waals surface area contributed by atoms with Crippen LogP contribution in [0.15, 0.2) is 18.2 Å². The maximum Gasteiger partial charge on any atom is 0.319 e. The SMILES string of the molecule is Cc1ccc(C#N)cc1NC(=O)NC(C)C. The lowest BCUT2D eigenvalue weighted by Crippen LogP contribution is -2.34. The summed E-state index contributed by atoms with van der Waals surface area (Å²) < 4.78 is 0. The minimum Gasteiger partial charge on any atom is -0.336 e. The van der Waals surface area contributed by atoms with Crippen molar-refractivity contribution in [3.63, 3.8) is 0 Å². The van der Waals surface area contributed by atoms with Crippen molar-refractivity contribution < 1.29 is 4.79 Å². The summed E-state index contributed by atoms with van der Waals surface area (Å²) in [4.78, 5) is 11.5. The van der Waals surface area contributed by atoms with E-state index in [1.165, 1.54) is 0 Å². The molecule has 0 fully saturated rings. The van der Waals surface area contributed by atoms with Gasteiger partial charge in [0.1, 0.15) is 0 Å². The van der Waals surface area contributed by atoms with Gasteiger partial charge in [0.25, 0.3) is 0 Å². The molecule has 0 radical (unpaired) electrons. The molecule has 84 valence electrons. The van der Waals surface area contributed by atoms with E-state index >= 15 is 0 Å². The molecule has 0 aliphatic heterocycles. The van der Waals surface area contributed by atoms with Gasteiger partial charge < -0.3 is 10.6 Å². The molecular formula is C12H15N3O. The minimum absolute atomic E-state index is 0.0828. The van der Waals surface area contributed by atoms with Gasteiger partial charge in [-0.15, -0.1) is 0 Å². The van der Waals surface area contributed by atoms with Gasteiger partial charge in [-0.2, -0.15) is 5.26 Å². The minimum atomic E-state index is -0.256. The van der Waals surface area contributed by atoms with Gasteiger partial charge in [0.05, 0.1) is 11.6 Å². The number of nitrogens with one attached hydrogen (secondary N) is 2. The Hall–Kier alpha value is -2.02. The molecule has 2 amide bonds. The van der Waals surface area contributed by atoms with Crippen LogP contribution in [0.3, 0.4) is 0 Å². The smallest absolute Gasteiger partial charge is 0.319 e. The number of hydrogen-bond acceptors (Lipinski definition) is 2. The maximum absolute atomic E-state index is 11.5. The Morgan fingerprint density at radius 3 is 2.69 bits per heavy atom. The molecule has 0 aromatic heterocycles. The standard InChI is InChI=1S/C12H15N3O/c1-8(2)14-12(16)15-11-6-10(7-13)5-4-9(11)3/h4-6,8H,1-3H3,(H2,14,15,16). The lowest BCUT2D eigenvalue weighted by Gasteiger charge is -2.12. The highest BCUT2D eigenvalue weighted by molar-refractivity contribution is 5.90. The summed E-state index contributed by atoms with van der Waals surface area (Å²) in [6.07, 6.45) is 0. The first kappa shape index (κ1) is 12.1. The molecule has 4 heteroatoms. The maximum atomic E-state index is 11.5. The third-order valence-corrected chi connectivity index (χ3v) is 2.03. The number of rotatable bonds is 2. The number of nitrogens with zero attached hydrogens (tertiary/aromatic N) is 1. The van der Waals surface area contributed by atoms with Crippen molar-refractivity contribution in [3.8, 4) is 6.07 Å². The van der Waals surface area contributed by atoms with Gasteiger partial charge in [0.2, 0.25) is 0 Å². The predicted octanol–water partition coefficient (Wildman–Crippen LogP) is 2.40. The third kappa shape index (κ3) is 3.28. The Morgan fingerprint density at radius 1 is 1.44 bits per heavy atom.